The maximum atomic E-state index is 13.0. The molecule has 0 spiro atoms. The quantitative estimate of drug-likeness (QED) is 0.333. The molecule has 1 saturated carbocycles. The minimum absolute atomic E-state index is 0.0743. The van der Waals surface area contributed by atoms with E-state index in [-0.39, 0.29) is 29.0 Å². The van der Waals surface area contributed by atoms with Crippen LogP contribution in [0, 0.1) is 16.7 Å². The summed E-state index contributed by atoms with van der Waals surface area (Å²) in [7, 11) is 3.98. The number of anilines is 1. The lowest BCUT2D eigenvalue weighted by Gasteiger charge is -2.47. The average molecular weight is 433 g/mol. The number of piperidine rings is 1. The molecule has 1 aliphatic heterocycles. The minimum Gasteiger partial charge on any atom is -0.378 e. The number of thiocarbonyl (C=S) groups is 1. The molecule has 1 saturated heterocycles. The third kappa shape index (κ3) is 3.92. The molecule has 6 nitrogen and oxygen atoms in total. The van der Waals surface area contributed by atoms with Gasteiger partial charge in [0.25, 0.3) is 0 Å². The van der Waals surface area contributed by atoms with Crippen LogP contribution in [-0.4, -0.2) is 47.2 Å². The van der Waals surface area contributed by atoms with Crippen molar-refractivity contribution in [1.29, 1.82) is 0 Å². The number of hydrazone groups is 1. The van der Waals surface area contributed by atoms with Crippen molar-refractivity contribution in [3.8, 4) is 0 Å². The van der Waals surface area contributed by atoms with Crippen molar-refractivity contribution in [3.63, 3.8) is 0 Å². The number of hydrogen-bond donors (Lipinski definition) is 1. The van der Waals surface area contributed by atoms with Crippen LogP contribution in [-0.2, 0) is 9.59 Å². The highest BCUT2D eigenvalue weighted by atomic mass is 32.2. The summed E-state index contributed by atoms with van der Waals surface area (Å²) >= 11 is 6.55. The van der Waals surface area contributed by atoms with Gasteiger partial charge >= 0.3 is 0 Å². The number of likely N-dealkylation sites (tertiary alicyclic amines) is 1. The van der Waals surface area contributed by atoms with Gasteiger partial charge in [-0.15, -0.1) is 0 Å². The van der Waals surface area contributed by atoms with Crippen molar-refractivity contribution in [2.75, 3.05) is 24.9 Å². The van der Waals surface area contributed by atoms with E-state index in [0.717, 1.165) is 24.1 Å². The molecule has 1 heterocycles. The number of benzene rings is 1. The van der Waals surface area contributed by atoms with E-state index in [1.54, 1.807) is 6.21 Å². The van der Waals surface area contributed by atoms with Crippen LogP contribution in [0.25, 0.3) is 0 Å². The van der Waals surface area contributed by atoms with Crippen LogP contribution in [0.15, 0.2) is 29.4 Å². The Morgan fingerprint density at radius 1 is 1.31 bits per heavy atom. The zero-order valence-corrected chi connectivity index (χ0v) is 19.2. The molecular formula is C21H28N4O2S2. The second kappa shape index (κ2) is 8.07. The molecule has 2 atom stereocenters. The van der Waals surface area contributed by atoms with E-state index in [1.165, 1.54) is 16.7 Å². The van der Waals surface area contributed by atoms with Gasteiger partial charge in [0.2, 0.25) is 11.8 Å². The fourth-order valence-corrected chi connectivity index (χ4v) is 5.02. The summed E-state index contributed by atoms with van der Waals surface area (Å²) in [5.74, 6) is -0.0371. The number of nitrogens with zero attached hydrogens (tertiary/aromatic N) is 3. The number of fused-ring (bicyclic) bond motifs is 2. The first kappa shape index (κ1) is 21.8. The van der Waals surface area contributed by atoms with Gasteiger partial charge in [-0.05, 0) is 36.0 Å². The standard InChI is InChI=1S/C21H28N4O2S2/c1-20(2)16-10-11-21(20,3)18(27)25(17(16)26)13-29-19(28)23-22-12-14-6-8-15(9-7-14)24(4)5/h6-9,12,16H,10-11,13H2,1-5H3,(H,23,28). The van der Waals surface area contributed by atoms with E-state index in [0.29, 0.717) is 4.32 Å². The van der Waals surface area contributed by atoms with Crippen molar-refractivity contribution in [2.24, 2.45) is 21.8 Å². The van der Waals surface area contributed by atoms with E-state index >= 15 is 0 Å². The lowest BCUT2D eigenvalue weighted by atomic mass is 9.62. The fraction of sp³-hybridized carbons (Fsp3) is 0.524. The summed E-state index contributed by atoms with van der Waals surface area (Å²) in [4.78, 5) is 29.3. The van der Waals surface area contributed by atoms with Crippen molar-refractivity contribution in [3.05, 3.63) is 29.8 Å². The van der Waals surface area contributed by atoms with E-state index in [4.69, 9.17) is 12.2 Å². The zero-order valence-electron chi connectivity index (χ0n) is 17.6. The monoisotopic (exact) mass is 432 g/mol. The molecule has 0 aromatic heterocycles. The Morgan fingerprint density at radius 2 is 1.97 bits per heavy atom. The van der Waals surface area contributed by atoms with E-state index in [9.17, 15) is 9.59 Å². The lowest BCUT2D eigenvalue weighted by Crippen LogP contribution is -2.58. The maximum absolute atomic E-state index is 13.0. The number of nitrogens with one attached hydrogen (secondary N) is 1. The van der Waals surface area contributed by atoms with Crippen LogP contribution in [0.1, 0.15) is 39.2 Å². The van der Waals surface area contributed by atoms with Crippen LogP contribution in [0.4, 0.5) is 5.69 Å². The van der Waals surface area contributed by atoms with Crippen LogP contribution in [0.2, 0.25) is 0 Å². The Balaban J connectivity index is 1.54. The number of carbonyl (C=O) groups is 2. The Bertz CT molecular complexity index is 851. The molecule has 29 heavy (non-hydrogen) atoms. The molecule has 2 bridgehead atoms. The predicted octanol–water partition coefficient (Wildman–Crippen LogP) is 3.46. The van der Waals surface area contributed by atoms with Crippen molar-refractivity contribution < 1.29 is 9.59 Å². The van der Waals surface area contributed by atoms with Gasteiger partial charge in [-0.1, -0.05) is 56.9 Å². The van der Waals surface area contributed by atoms with Crippen molar-refractivity contribution in [1.82, 2.24) is 10.3 Å². The maximum Gasteiger partial charge on any atom is 0.236 e. The van der Waals surface area contributed by atoms with Crippen LogP contribution >= 0.6 is 24.0 Å². The van der Waals surface area contributed by atoms with Gasteiger partial charge in [0.1, 0.15) is 0 Å². The van der Waals surface area contributed by atoms with Gasteiger partial charge in [0, 0.05) is 25.7 Å². The molecule has 3 rings (SSSR count). The second-order valence-corrected chi connectivity index (χ2v) is 10.3. The largest absolute Gasteiger partial charge is 0.378 e. The topological polar surface area (TPSA) is 65.0 Å². The Morgan fingerprint density at radius 3 is 2.59 bits per heavy atom. The molecule has 0 radical (unpaired) electrons. The summed E-state index contributed by atoms with van der Waals surface area (Å²) in [5.41, 5.74) is 4.08. The predicted molar refractivity (Wildman–Crippen MR) is 123 cm³/mol. The molecule has 2 amide bonds. The fourth-order valence-electron chi connectivity index (χ4n) is 4.20. The first-order chi connectivity index (χ1) is 13.6. The minimum atomic E-state index is -0.488. The van der Waals surface area contributed by atoms with Gasteiger partial charge in [0.05, 0.1) is 17.5 Å². The molecule has 2 unspecified atom stereocenters. The van der Waals surface area contributed by atoms with Gasteiger partial charge in [-0.2, -0.15) is 5.10 Å². The number of amides is 2. The SMILES string of the molecule is CN(C)c1ccc(C=NNC(=S)SCN2C(=O)C3CCC(C)(C2=O)C3(C)C)cc1. The number of imide groups is 1. The molecule has 8 heteroatoms. The second-order valence-electron chi connectivity index (χ2n) is 8.63. The molecule has 1 aliphatic carbocycles. The van der Waals surface area contributed by atoms with E-state index in [1.807, 2.05) is 64.0 Å². The smallest absolute Gasteiger partial charge is 0.236 e. The molecule has 2 fully saturated rings. The lowest BCUT2D eigenvalue weighted by molar-refractivity contribution is -0.166. The summed E-state index contributed by atoms with van der Waals surface area (Å²) in [6.45, 7) is 6.07. The molecule has 1 aromatic rings. The number of hydrogen-bond acceptors (Lipinski definition) is 6. The Labute approximate surface area is 182 Å². The Kier molecular flexibility index (Phi) is 6.06. The van der Waals surface area contributed by atoms with E-state index in [2.05, 4.69) is 10.5 Å². The summed E-state index contributed by atoms with van der Waals surface area (Å²) < 4.78 is 0.425. The zero-order chi connectivity index (χ0) is 21.4. The molecule has 1 aromatic carbocycles. The van der Waals surface area contributed by atoms with Crippen LogP contribution in [0.3, 0.4) is 0 Å². The highest BCUT2D eigenvalue weighted by molar-refractivity contribution is 8.22. The molecule has 2 aliphatic rings. The van der Waals surface area contributed by atoms with Gasteiger partial charge in [-0.25, -0.2) is 0 Å². The highest BCUT2D eigenvalue weighted by Gasteiger charge is 2.64. The Hall–Kier alpha value is -1.93. The summed E-state index contributed by atoms with van der Waals surface area (Å²) in [6.07, 6.45) is 3.22. The third-order valence-electron chi connectivity index (χ3n) is 6.61. The summed E-state index contributed by atoms with van der Waals surface area (Å²) in [5, 5.41) is 4.16. The normalized spacial score (nSPS) is 25.6. The summed E-state index contributed by atoms with van der Waals surface area (Å²) in [6, 6.07) is 7.97. The number of carbonyl (C=O) groups excluding carboxylic acids is 2. The van der Waals surface area contributed by atoms with Crippen molar-refractivity contribution >= 4 is 52.0 Å². The first-order valence-electron chi connectivity index (χ1n) is 9.67. The van der Waals surface area contributed by atoms with Gasteiger partial charge < -0.3 is 4.90 Å². The third-order valence-corrected chi connectivity index (χ3v) is 7.80. The highest BCUT2D eigenvalue weighted by Crippen LogP contribution is 2.60. The van der Waals surface area contributed by atoms with Crippen LogP contribution in [0.5, 0.6) is 0 Å². The first-order valence-corrected chi connectivity index (χ1v) is 11.1. The van der Waals surface area contributed by atoms with Crippen molar-refractivity contribution in [2.45, 2.75) is 33.6 Å². The average Bonchev–Trinajstić information content (AvgIpc) is 2.85. The van der Waals surface area contributed by atoms with E-state index < -0.39 is 5.41 Å². The molecular weight excluding hydrogens is 404 g/mol. The van der Waals surface area contributed by atoms with Gasteiger partial charge in [0.15, 0.2) is 4.32 Å². The number of rotatable bonds is 5. The molecule has 1 N–H and O–H groups in total. The number of thioether (sulfide) groups is 1. The van der Waals surface area contributed by atoms with Crippen LogP contribution < -0.4 is 10.3 Å². The van der Waals surface area contributed by atoms with Gasteiger partial charge in [-0.3, -0.25) is 19.9 Å². The molecule has 156 valence electrons.